The third-order valence-electron chi connectivity index (χ3n) is 1.26. The molecule has 0 rings (SSSR count). The van der Waals surface area contributed by atoms with Gasteiger partial charge in [-0.05, 0) is 6.42 Å². The zero-order chi connectivity index (χ0) is 10.7. The summed E-state index contributed by atoms with van der Waals surface area (Å²) in [6.45, 7) is -0.0902. The van der Waals surface area contributed by atoms with Gasteiger partial charge < -0.3 is 0 Å². The molecule has 0 aliphatic carbocycles. The molecule has 0 amide bonds. The molecule has 2 N–H and O–H groups in total. The third kappa shape index (κ3) is 5.83. The fraction of sp³-hybridized carbons (Fsp3) is 1.00. The molecule has 0 aromatic rings. The summed E-state index contributed by atoms with van der Waals surface area (Å²) >= 11 is 0. The van der Waals surface area contributed by atoms with E-state index in [1.807, 2.05) is 0 Å². The molecule has 0 aromatic heterocycles. The quantitative estimate of drug-likeness (QED) is 0.688. The Morgan fingerprint density at radius 1 is 1.46 bits per heavy atom. The van der Waals surface area contributed by atoms with Crippen molar-refractivity contribution < 1.29 is 26.1 Å². The maximum atomic E-state index is 11.6. The van der Waals surface area contributed by atoms with Gasteiger partial charge in [-0.25, -0.2) is 0 Å². The first-order valence-electron chi connectivity index (χ1n) is 3.43. The van der Waals surface area contributed by atoms with Crippen molar-refractivity contribution in [1.82, 2.24) is 5.32 Å². The maximum absolute atomic E-state index is 11.6. The van der Waals surface area contributed by atoms with Gasteiger partial charge in [-0.2, -0.15) is 21.6 Å². The maximum Gasteiger partial charge on any atom is 0.401 e. The monoisotopic (exact) mass is 221 g/mol. The Kier molecular flexibility index (Phi) is 4.14. The Bertz CT molecular complexity index is 248. The predicted octanol–water partition coefficient (Wildman–Crippen LogP) is 0.762. The van der Waals surface area contributed by atoms with E-state index in [0.29, 0.717) is 0 Å². The Morgan fingerprint density at radius 2 is 1.92 bits per heavy atom. The Labute approximate surface area is 73.9 Å². The molecule has 13 heavy (non-hydrogen) atoms. The molecule has 1 atom stereocenters. The van der Waals surface area contributed by atoms with Crippen LogP contribution in [0.2, 0.25) is 0 Å². The van der Waals surface area contributed by atoms with Crippen molar-refractivity contribution in [2.45, 2.75) is 24.9 Å². The molecule has 80 valence electrons. The standard InChI is InChI=1S/C5H10F3NO3S/c1-2-4(13(10,11)12)9-3-5(6,7)8/h4,9H,2-3H2,1H3,(H,10,11,12). The van der Waals surface area contributed by atoms with Crippen LogP contribution in [0.5, 0.6) is 0 Å². The molecule has 0 fully saturated rings. The van der Waals surface area contributed by atoms with E-state index < -0.39 is 28.2 Å². The highest BCUT2D eigenvalue weighted by atomic mass is 32.2. The van der Waals surface area contributed by atoms with Crippen LogP contribution >= 0.6 is 0 Å². The van der Waals surface area contributed by atoms with Gasteiger partial charge in [0.1, 0.15) is 5.37 Å². The second-order valence-electron chi connectivity index (χ2n) is 2.41. The molecule has 0 aliphatic heterocycles. The van der Waals surface area contributed by atoms with Crippen molar-refractivity contribution in [2.24, 2.45) is 0 Å². The fourth-order valence-electron chi connectivity index (χ4n) is 0.690. The van der Waals surface area contributed by atoms with E-state index >= 15 is 0 Å². The molecule has 0 heterocycles. The van der Waals surface area contributed by atoms with Crippen LogP contribution in [0.4, 0.5) is 13.2 Å². The van der Waals surface area contributed by atoms with E-state index in [2.05, 4.69) is 0 Å². The second-order valence-corrected chi connectivity index (χ2v) is 4.01. The largest absolute Gasteiger partial charge is 0.401 e. The van der Waals surface area contributed by atoms with Crippen LogP contribution in [0.25, 0.3) is 0 Å². The lowest BCUT2D eigenvalue weighted by molar-refractivity contribution is -0.125. The first-order chi connectivity index (χ1) is 5.67. The molecule has 0 bridgehead atoms. The number of nitrogens with one attached hydrogen (secondary N) is 1. The van der Waals surface area contributed by atoms with Gasteiger partial charge in [-0.15, -0.1) is 0 Å². The van der Waals surface area contributed by atoms with E-state index in [9.17, 15) is 21.6 Å². The Balaban J connectivity index is 4.18. The molecule has 0 aliphatic rings. The second kappa shape index (κ2) is 4.25. The summed E-state index contributed by atoms with van der Waals surface area (Å²) in [5.41, 5.74) is 0. The van der Waals surface area contributed by atoms with Crippen LogP contribution in [-0.4, -0.2) is 31.1 Å². The Hall–Kier alpha value is -0.340. The average Bonchev–Trinajstić information content (AvgIpc) is 1.82. The highest BCUT2D eigenvalue weighted by Gasteiger charge is 2.30. The SMILES string of the molecule is CCC(NCC(F)(F)F)S(=O)(=O)O. The van der Waals surface area contributed by atoms with Crippen molar-refractivity contribution in [3.05, 3.63) is 0 Å². The minimum Gasteiger partial charge on any atom is -0.291 e. The van der Waals surface area contributed by atoms with E-state index in [1.165, 1.54) is 6.92 Å². The summed E-state index contributed by atoms with van der Waals surface area (Å²) in [4.78, 5) is 0. The van der Waals surface area contributed by atoms with E-state index in [4.69, 9.17) is 4.55 Å². The summed E-state index contributed by atoms with van der Waals surface area (Å²) in [6.07, 6.45) is -4.62. The van der Waals surface area contributed by atoms with Gasteiger partial charge in [0.05, 0.1) is 6.54 Å². The van der Waals surface area contributed by atoms with Crippen molar-refractivity contribution >= 4 is 10.1 Å². The van der Waals surface area contributed by atoms with Crippen molar-refractivity contribution in [3.8, 4) is 0 Å². The van der Waals surface area contributed by atoms with Gasteiger partial charge >= 0.3 is 6.18 Å². The van der Waals surface area contributed by atoms with Crippen molar-refractivity contribution in [3.63, 3.8) is 0 Å². The van der Waals surface area contributed by atoms with Crippen LogP contribution in [-0.2, 0) is 10.1 Å². The van der Waals surface area contributed by atoms with E-state index in [0.717, 1.165) is 0 Å². The summed E-state index contributed by atoms with van der Waals surface area (Å²) < 4.78 is 64.0. The molecule has 0 spiro atoms. The van der Waals surface area contributed by atoms with Crippen molar-refractivity contribution in [1.29, 1.82) is 0 Å². The number of hydrogen-bond acceptors (Lipinski definition) is 3. The zero-order valence-corrected chi connectivity index (χ0v) is 7.61. The molecular formula is C5H10F3NO3S. The number of alkyl halides is 3. The van der Waals surface area contributed by atoms with Crippen LogP contribution in [0, 0.1) is 0 Å². The predicted molar refractivity (Wildman–Crippen MR) is 39.7 cm³/mol. The smallest absolute Gasteiger partial charge is 0.291 e. The van der Waals surface area contributed by atoms with Gasteiger partial charge in [0.15, 0.2) is 0 Å². The van der Waals surface area contributed by atoms with Gasteiger partial charge in [0.25, 0.3) is 10.1 Å². The lowest BCUT2D eigenvalue weighted by atomic mass is 10.4. The van der Waals surface area contributed by atoms with Gasteiger partial charge in [0.2, 0.25) is 0 Å². The molecule has 0 aromatic carbocycles. The average molecular weight is 221 g/mol. The summed E-state index contributed by atoms with van der Waals surface area (Å²) in [5, 5.41) is 0.125. The normalized spacial score (nSPS) is 15.8. The lowest BCUT2D eigenvalue weighted by Gasteiger charge is -2.14. The summed E-state index contributed by atoms with van der Waals surface area (Å²) in [7, 11) is -4.45. The number of rotatable bonds is 4. The first-order valence-corrected chi connectivity index (χ1v) is 4.93. The molecular weight excluding hydrogens is 211 g/mol. The fourth-order valence-corrected chi connectivity index (χ4v) is 1.41. The highest BCUT2D eigenvalue weighted by Crippen LogP contribution is 2.13. The van der Waals surface area contributed by atoms with E-state index in [-0.39, 0.29) is 6.42 Å². The molecule has 0 saturated heterocycles. The van der Waals surface area contributed by atoms with E-state index in [1.54, 1.807) is 5.32 Å². The third-order valence-corrected chi connectivity index (χ3v) is 2.48. The topological polar surface area (TPSA) is 66.4 Å². The lowest BCUT2D eigenvalue weighted by Crippen LogP contribution is -2.41. The first kappa shape index (κ1) is 12.7. The molecule has 4 nitrogen and oxygen atoms in total. The highest BCUT2D eigenvalue weighted by molar-refractivity contribution is 7.86. The minimum absolute atomic E-state index is 0.130. The Morgan fingerprint density at radius 3 is 2.15 bits per heavy atom. The zero-order valence-electron chi connectivity index (χ0n) is 6.80. The van der Waals surface area contributed by atoms with Crippen LogP contribution in [0.3, 0.4) is 0 Å². The molecule has 8 heteroatoms. The summed E-state index contributed by atoms with van der Waals surface area (Å²) in [5.74, 6) is 0. The van der Waals surface area contributed by atoms with Crippen molar-refractivity contribution in [2.75, 3.05) is 6.54 Å². The number of hydrogen-bond donors (Lipinski definition) is 2. The van der Waals surface area contributed by atoms with Gasteiger partial charge in [0, 0.05) is 0 Å². The summed E-state index contributed by atoms with van der Waals surface area (Å²) in [6, 6.07) is 0. The molecule has 0 saturated carbocycles. The molecule has 1 unspecified atom stereocenters. The van der Waals surface area contributed by atoms with Gasteiger partial charge in [-0.1, -0.05) is 6.92 Å². The van der Waals surface area contributed by atoms with Gasteiger partial charge in [-0.3, -0.25) is 9.87 Å². The van der Waals surface area contributed by atoms with Crippen LogP contribution < -0.4 is 5.32 Å². The molecule has 0 radical (unpaired) electrons. The number of halogens is 3. The minimum atomic E-state index is -4.49. The van der Waals surface area contributed by atoms with Crippen LogP contribution in [0.15, 0.2) is 0 Å². The van der Waals surface area contributed by atoms with Crippen LogP contribution in [0.1, 0.15) is 13.3 Å².